The number of benzene rings is 2. The van der Waals surface area contributed by atoms with Crippen LogP contribution in [0, 0.1) is 24.8 Å². The molecule has 0 aliphatic rings. The molecular weight excluding hydrogens is 717 g/mol. The van der Waals surface area contributed by atoms with Crippen molar-refractivity contribution in [1.82, 2.24) is 9.97 Å². The molecule has 6 heteroatoms. The van der Waals surface area contributed by atoms with Crippen molar-refractivity contribution >= 4 is 27.9 Å². The molecule has 1 radical (unpaired) electrons. The summed E-state index contributed by atoms with van der Waals surface area (Å²) < 4.78 is 0. The van der Waals surface area contributed by atoms with Crippen molar-refractivity contribution in [2.24, 2.45) is 11.8 Å². The van der Waals surface area contributed by atoms with E-state index in [0.717, 1.165) is 58.6 Å². The first kappa shape index (κ1) is 35.5. The van der Waals surface area contributed by atoms with Gasteiger partial charge < -0.3 is 5.11 Å². The monoisotopic (exact) mass is 762 g/mol. The smallest absolute Gasteiger partial charge is 0.162 e. The molecule has 0 spiro atoms. The molecular formula is C36H45IrN2O2S-. The van der Waals surface area contributed by atoms with Crippen LogP contribution in [0.4, 0.5) is 0 Å². The van der Waals surface area contributed by atoms with Crippen LogP contribution in [-0.4, -0.2) is 20.9 Å². The number of aryl methyl sites for hydroxylation is 1. The Bertz CT molecular complexity index is 1480. The number of aliphatic hydroxyl groups excluding tert-OH is 1. The predicted molar refractivity (Wildman–Crippen MR) is 174 cm³/mol. The minimum absolute atomic E-state index is 0. The fourth-order valence-corrected chi connectivity index (χ4v) is 5.76. The SMILES string of the molecule is CCC(CC)C(=O)/C=C(\O)C(CC)CC.Cc1csc(-c2ccnc(-c3[c-]c4ccccc4c(C(C)(C)C)c3)c2)n1.[Ir]. The number of carbonyl (C=O) groups excluding carboxylic acids is 1. The van der Waals surface area contributed by atoms with Crippen LogP contribution in [0.2, 0.25) is 0 Å². The zero-order chi connectivity index (χ0) is 30.2. The molecule has 0 saturated carbocycles. The Hall–Kier alpha value is -2.66. The maximum atomic E-state index is 11.7. The summed E-state index contributed by atoms with van der Waals surface area (Å²) in [5.41, 5.74) is 5.49. The van der Waals surface area contributed by atoms with E-state index in [9.17, 15) is 9.90 Å². The third kappa shape index (κ3) is 9.17. The zero-order valence-electron chi connectivity index (χ0n) is 26.2. The Morgan fingerprint density at radius 2 is 1.64 bits per heavy atom. The molecule has 0 atom stereocenters. The molecule has 2 aromatic heterocycles. The van der Waals surface area contributed by atoms with E-state index in [2.05, 4.69) is 78.6 Å². The number of fused-ring (bicyclic) bond motifs is 1. The van der Waals surface area contributed by atoms with E-state index >= 15 is 0 Å². The van der Waals surface area contributed by atoms with E-state index in [1.165, 1.54) is 17.0 Å². The molecule has 1 N–H and O–H groups in total. The summed E-state index contributed by atoms with van der Waals surface area (Å²) in [5.74, 6) is 0.547. The van der Waals surface area contributed by atoms with Gasteiger partial charge in [0.05, 0.1) is 5.76 Å². The molecule has 4 nitrogen and oxygen atoms in total. The minimum Gasteiger partial charge on any atom is -0.512 e. The van der Waals surface area contributed by atoms with Crippen LogP contribution in [0.15, 0.2) is 65.9 Å². The Morgan fingerprint density at radius 1 is 1.00 bits per heavy atom. The normalized spacial score (nSPS) is 11.8. The first-order valence-corrected chi connectivity index (χ1v) is 15.7. The second-order valence-electron chi connectivity index (χ2n) is 11.6. The van der Waals surface area contributed by atoms with Gasteiger partial charge in [0.1, 0.15) is 5.01 Å². The number of pyridine rings is 1. The number of thiazole rings is 1. The van der Waals surface area contributed by atoms with Gasteiger partial charge in [-0.3, -0.25) is 9.78 Å². The number of aromatic nitrogens is 2. The van der Waals surface area contributed by atoms with Crippen LogP contribution < -0.4 is 0 Å². The average molecular weight is 762 g/mol. The first-order valence-electron chi connectivity index (χ1n) is 14.8. The van der Waals surface area contributed by atoms with Crippen LogP contribution in [0.5, 0.6) is 0 Å². The Labute approximate surface area is 270 Å². The average Bonchev–Trinajstić information content (AvgIpc) is 3.40. The summed E-state index contributed by atoms with van der Waals surface area (Å²) in [6, 6.07) is 18.4. The van der Waals surface area contributed by atoms with Crippen LogP contribution in [0.25, 0.3) is 32.6 Å². The quantitative estimate of drug-likeness (QED) is 0.105. The molecule has 42 heavy (non-hydrogen) atoms. The van der Waals surface area contributed by atoms with E-state index in [1.807, 2.05) is 46.9 Å². The molecule has 0 unspecified atom stereocenters. The predicted octanol–water partition coefficient (Wildman–Crippen LogP) is 10.3. The third-order valence-corrected chi connectivity index (χ3v) is 8.58. The maximum absolute atomic E-state index is 11.7. The molecule has 0 amide bonds. The summed E-state index contributed by atoms with van der Waals surface area (Å²) in [5, 5.41) is 15.3. The number of hydrogen-bond donors (Lipinski definition) is 1. The Balaban J connectivity index is 0.000000334. The topological polar surface area (TPSA) is 63.1 Å². The minimum atomic E-state index is 0. The van der Waals surface area contributed by atoms with E-state index in [4.69, 9.17) is 0 Å². The fourth-order valence-electron chi connectivity index (χ4n) is 4.97. The number of hydrogen-bond acceptors (Lipinski definition) is 5. The largest absolute Gasteiger partial charge is 0.512 e. The molecule has 0 bridgehead atoms. The molecule has 0 fully saturated rings. The van der Waals surface area contributed by atoms with Gasteiger partial charge in [0.15, 0.2) is 5.78 Å². The molecule has 0 saturated heterocycles. The summed E-state index contributed by atoms with van der Waals surface area (Å²) in [4.78, 5) is 20.9. The van der Waals surface area contributed by atoms with Crippen molar-refractivity contribution in [1.29, 1.82) is 0 Å². The number of nitrogens with zero attached hydrogens (tertiary/aromatic N) is 2. The van der Waals surface area contributed by atoms with Crippen molar-refractivity contribution in [3.05, 3.63) is 83.2 Å². The van der Waals surface area contributed by atoms with E-state index < -0.39 is 0 Å². The van der Waals surface area contributed by atoms with Crippen LogP contribution in [-0.2, 0) is 30.3 Å². The summed E-state index contributed by atoms with van der Waals surface area (Å²) >= 11 is 1.67. The number of rotatable bonds is 9. The summed E-state index contributed by atoms with van der Waals surface area (Å²) in [6.07, 6.45) is 6.77. The van der Waals surface area contributed by atoms with Gasteiger partial charge in [0.2, 0.25) is 0 Å². The summed E-state index contributed by atoms with van der Waals surface area (Å²) in [7, 11) is 0. The second-order valence-corrected chi connectivity index (χ2v) is 12.5. The number of carbonyl (C=O) groups is 1. The molecule has 4 aromatic rings. The van der Waals surface area contributed by atoms with Crippen molar-refractivity contribution in [3.8, 4) is 21.8 Å². The fraction of sp³-hybridized carbons (Fsp3) is 0.417. The second kappa shape index (κ2) is 16.3. The molecule has 4 rings (SSSR count). The van der Waals surface area contributed by atoms with Gasteiger partial charge in [-0.15, -0.1) is 40.5 Å². The Kier molecular flexibility index (Phi) is 13.8. The number of ketones is 1. The molecule has 0 aliphatic carbocycles. The first-order chi connectivity index (χ1) is 19.5. The van der Waals surface area contributed by atoms with Gasteiger partial charge in [-0.1, -0.05) is 83.7 Å². The van der Waals surface area contributed by atoms with Crippen molar-refractivity contribution in [2.45, 2.75) is 86.5 Å². The van der Waals surface area contributed by atoms with E-state index in [-0.39, 0.29) is 48.9 Å². The molecule has 2 aromatic carbocycles. The van der Waals surface area contributed by atoms with Crippen molar-refractivity contribution < 1.29 is 30.0 Å². The van der Waals surface area contributed by atoms with Crippen LogP contribution in [0.3, 0.4) is 0 Å². The van der Waals surface area contributed by atoms with Crippen LogP contribution >= 0.6 is 11.3 Å². The maximum Gasteiger partial charge on any atom is 0.162 e. The number of aliphatic hydroxyl groups is 1. The van der Waals surface area contributed by atoms with Gasteiger partial charge in [-0.25, -0.2) is 4.98 Å². The standard InChI is InChI=1S/C23H21N2S.C13H24O2.Ir/c1-15-14-26-22(25-15)17-9-10-24-21(13-17)18-11-16-7-5-6-8-19(16)20(12-18)23(2,3)4;1-5-10(6-2)12(14)9-13(15)11(7-3)8-4;/h5-10,12-14H,1-4H3;9-11,14H,5-8H2,1-4H3;/q-1;;/b;12-9-;. The van der Waals surface area contributed by atoms with Gasteiger partial charge in [0, 0.05) is 66.5 Å². The van der Waals surface area contributed by atoms with E-state index in [0.29, 0.717) is 0 Å². The van der Waals surface area contributed by atoms with Crippen LogP contribution in [0.1, 0.15) is 85.4 Å². The zero-order valence-corrected chi connectivity index (χ0v) is 29.5. The van der Waals surface area contributed by atoms with Crippen molar-refractivity contribution in [3.63, 3.8) is 0 Å². The van der Waals surface area contributed by atoms with Gasteiger partial charge in [-0.2, -0.15) is 0 Å². The number of allylic oxidation sites excluding steroid dienone is 2. The molecule has 227 valence electrons. The third-order valence-electron chi connectivity index (χ3n) is 7.57. The summed E-state index contributed by atoms with van der Waals surface area (Å²) in [6.45, 7) is 16.8. The molecule has 0 aliphatic heterocycles. The van der Waals surface area contributed by atoms with Gasteiger partial charge in [0.25, 0.3) is 0 Å². The molecule has 2 heterocycles. The Morgan fingerprint density at radius 3 is 2.21 bits per heavy atom. The van der Waals surface area contributed by atoms with E-state index in [1.54, 1.807) is 11.3 Å². The van der Waals surface area contributed by atoms with Gasteiger partial charge >= 0.3 is 0 Å². The van der Waals surface area contributed by atoms with Crippen molar-refractivity contribution in [2.75, 3.05) is 0 Å². The van der Waals surface area contributed by atoms with Gasteiger partial charge in [-0.05, 0) is 44.1 Å².